The van der Waals surface area contributed by atoms with Crippen LogP contribution in [0.4, 0.5) is 4.79 Å². The molecule has 2 rings (SSSR count). The number of carboxylic acids is 1. The minimum Gasteiger partial charge on any atom is -0.480 e. The second-order valence-electron chi connectivity index (χ2n) is 8.23. The van der Waals surface area contributed by atoms with E-state index in [1.807, 2.05) is 6.92 Å². The quantitative estimate of drug-likeness (QED) is 0.461. The second-order valence-corrected chi connectivity index (χ2v) is 9.92. The Kier molecular flexibility index (Phi) is 6.96. The first kappa shape index (κ1) is 23.5. The molecule has 1 aromatic carbocycles. The third-order valence-corrected chi connectivity index (χ3v) is 5.76. The van der Waals surface area contributed by atoms with E-state index in [4.69, 9.17) is 10.5 Å². The van der Waals surface area contributed by atoms with E-state index in [0.29, 0.717) is 0 Å². The number of likely N-dealkylation sites (tertiary alicyclic amines) is 1. The van der Waals surface area contributed by atoms with Crippen molar-refractivity contribution >= 4 is 28.0 Å². The fourth-order valence-corrected chi connectivity index (χ4v) is 3.94. The number of guanidine groups is 1. The normalized spacial score (nSPS) is 20.1. The minimum absolute atomic E-state index is 0.0501. The van der Waals surface area contributed by atoms with Crippen molar-refractivity contribution in [3.8, 4) is 0 Å². The second kappa shape index (κ2) is 8.90. The zero-order chi connectivity index (χ0) is 22.7. The number of nitrogens with zero attached hydrogens (tertiary/aromatic N) is 2. The van der Waals surface area contributed by atoms with Crippen LogP contribution in [-0.2, 0) is 19.6 Å². The summed E-state index contributed by atoms with van der Waals surface area (Å²) in [6.45, 7) is 7.10. The maximum atomic E-state index is 12.3. The number of hydrogen-bond acceptors (Lipinski definition) is 6. The van der Waals surface area contributed by atoms with Crippen molar-refractivity contribution < 1.29 is 27.9 Å². The summed E-state index contributed by atoms with van der Waals surface area (Å²) < 4.78 is 32.2. The van der Waals surface area contributed by atoms with Crippen molar-refractivity contribution in [1.29, 1.82) is 0 Å². The van der Waals surface area contributed by atoms with Gasteiger partial charge in [0.2, 0.25) is 5.96 Å². The van der Waals surface area contributed by atoms with Gasteiger partial charge in [0.15, 0.2) is 0 Å². The summed E-state index contributed by atoms with van der Waals surface area (Å²) in [6.07, 6.45) is -0.551. The molecule has 1 fully saturated rings. The monoisotopic (exact) mass is 440 g/mol. The van der Waals surface area contributed by atoms with E-state index in [1.165, 1.54) is 12.1 Å². The van der Waals surface area contributed by atoms with E-state index in [9.17, 15) is 23.1 Å². The van der Waals surface area contributed by atoms with Crippen LogP contribution in [0.25, 0.3) is 0 Å². The van der Waals surface area contributed by atoms with Gasteiger partial charge in [-0.05, 0) is 52.2 Å². The summed E-state index contributed by atoms with van der Waals surface area (Å²) in [7, 11) is -3.88. The molecule has 0 aliphatic carbocycles. The third-order valence-electron chi connectivity index (χ3n) is 4.39. The standard InChI is InChI=1S/C19H28N4O6S/c1-12-5-7-14(8-6-12)30(27,28)22-17(20)21-10-13-9-15(16(24)25)23(11-13)18(26)29-19(2,3)4/h5-8,13,15H,9-11H2,1-4H3,(H,24,25)(H3,20,21,22)/t13-,15+/m0/s1. The number of carboxylic acid groups (broad SMARTS) is 1. The number of amides is 1. The van der Waals surface area contributed by atoms with Gasteiger partial charge in [0, 0.05) is 13.1 Å². The average molecular weight is 441 g/mol. The van der Waals surface area contributed by atoms with Crippen LogP contribution in [0.2, 0.25) is 0 Å². The molecule has 1 aliphatic rings. The van der Waals surface area contributed by atoms with Crippen LogP contribution in [0.5, 0.6) is 0 Å². The molecule has 1 amide bonds. The van der Waals surface area contributed by atoms with Crippen LogP contribution in [0, 0.1) is 12.8 Å². The number of rotatable bonds is 5. The predicted octanol–water partition coefficient (Wildman–Crippen LogP) is 1.30. The maximum Gasteiger partial charge on any atom is 0.411 e. The first-order chi connectivity index (χ1) is 13.8. The van der Waals surface area contributed by atoms with Gasteiger partial charge in [-0.3, -0.25) is 9.89 Å². The van der Waals surface area contributed by atoms with Crippen LogP contribution in [0.3, 0.4) is 0 Å². The Morgan fingerprint density at radius 3 is 2.43 bits per heavy atom. The number of carbonyl (C=O) groups excluding carboxylic acids is 1. The van der Waals surface area contributed by atoms with Gasteiger partial charge in [-0.15, -0.1) is 0 Å². The molecule has 4 N–H and O–H groups in total. The first-order valence-electron chi connectivity index (χ1n) is 9.40. The molecular formula is C19H28N4O6S. The summed E-state index contributed by atoms with van der Waals surface area (Å²) >= 11 is 0. The fraction of sp³-hybridized carbons (Fsp3) is 0.526. The number of benzene rings is 1. The number of sulfonamides is 1. The summed E-state index contributed by atoms with van der Waals surface area (Å²) in [4.78, 5) is 29.1. The number of carbonyl (C=O) groups is 2. The minimum atomic E-state index is -3.88. The molecule has 0 unspecified atom stereocenters. The summed E-state index contributed by atoms with van der Waals surface area (Å²) in [5.74, 6) is -1.75. The lowest BCUT2D eigenvalue weighted by Gasteiger charge is -2.26. The van der Waals surface area contributed by atoms with Crippen molar-refractivity contribution in [1.82, 2.24) is 9.62 Å². The Labute approximate surface area is 176 Å². The fourth-order valence-electron chi connectivity index (χ4n) is 2.99. The van der Waals surface area contributed by atoms with E-state index < -0.39 is 33.7 Å². The lowest BCUT2D eigenvalue weighted by atomic mass is 10.1. The Morgan fingerprint density at radius 1 is 1.30 bits per heavy atom. The first-order valence-corrected chi connectivity index (χ1v) is 10.9. The molecule has 166 valence electrons. The molecule has 11 heteroatoms. The van der Waals surface area contributed by atoms with E-state index in [2.05, 4.69) is 9.71 Å². The highest BCUT2D eigenvalue weighted by molar-refractivity contribution is 7.90. The van der Waals surface area contributed by atoms with Gasteiger partial charge in [-0.2, -0.15) is 0 Å². The molecule has 1 aliphatic heterocycles. The van der Waals surface area contributed by atoms with Crippen LogP contribution in [0.15, 0.2) is 34.2 Å². The highest BCUT2D eigenvalue weighted by Gasteiger charge is 2.41. The molecule has 1 aromatic rings. The highest BCUT2D eigenvalue weighted by Crippen LogP contribution is 2.26. The molecule has 0 bridgehead atoms. The Bertz CT molecular complexity index is 921. The zero-order valence-electron chi connectivity index (χ0n) is 17.5. The Morgan fingerprint density at radius 2 is 1.90 bits per heavy atom. The zero-order valence-corrected chi connectivity index (χ0v) is 18.3. The van der Waals surface area contributed by atoms with Gasteiger partial charge < -0.3 is 15.6 Å². The molecule has 1 heterocycles. The number of aliphatic imine (C=N–C) groups is 1. The van der Waals surface area contributed by atoms with Crippen LogP contribution < -0.4 is 10.5 Å². The molecule has 0 saturated carbocycles. The molecular weight excluding hydrogens is 412 g/mol. The Hall–Kier alpha value is -2.82. The van der Waals surface area contributed by atoms with Gasteiger partial charge in [0.05, 0.1) is 4.90 Å². The lowest BCUT2D eigenvalue weighted by Crippen LogP contribution is -2.43. The number of ether oxygens (including phenoxy) is 1. The topological polar surface area (TPSA) is 151 Å². The molecule has 30 heavy (non-hydrogen) atoms. The summed E-state index contributed by atoms with van der Waals surface area (Å²) in [5.41, 5.74) is 5.88. The van der Waals surface area contributed by atoms with E-state index in [1.54, 1.807) is 32.9 Å². The smallest absolute Gasteiger partial charge is 0.411 e. The maximum absolute atomic E-state index is 12.3. The molecule has 0 radical (unpaired) electrons. The average Bonchev–Trinajstić information content (AvgIpc) is 3.03. The van der Waals surface area contributed by atoms with Gasteiger partial charge >= 0.3 is 12.1 Å². The molecule has 0 spiro atoms. The number of nitrogens with one attached hydrogen (secondary N) is 1. The molecule has 2 atom stereocenters. The number of aryl methyl sites for hydroxylation is 1. The summed E-state index contributed by atoms with van der Waals surface area (Å²) in [6, 6.07) is 5.21. The van der Waals surface area contributed by atoms with Crippen molar-refractivity contribution in [3.63, 3.8) is 0 Å². The molecule has 0 aromatic heterocycles. The van der Waals surface area contributed by atoms with Gasteiger partial charge in [-0.25, -0.2) is 22.7 Å². The van der Waals surface area contributed by atoms with Gasteiger partial charge in [0.25, 0.3) is 10.0 Å². The summed E-state index contributed by atoms with van der Waals surface area (Å²) in [5, 5.41) is 9.42. The highest BCUT2D eigenvalue weighted by atomic mass is 32.2. The lowest BCUT2D eigenvalue weighted by molar-refractivity contribution is -0.142. The molecule has 1 saturated heterocycles. The van der Waals surface area contributed by atoms with Crippen molar-refractivity contribution in [3.05, 3.63) is 29.8 Å². The van der Waals surface area contributed by atoms with Gasteiger partial charge in [0.1, 0.15) is 11.6 Å². The Balaban J connectivity index is 2.03. The van der Waals surface area contributed by atoms with E-state index in [0.717, 1.165) is 10.5 Å². The van der Waals surface area contributed by atoms with E-state index >= 15 is 0 Å². The van der Waals surface area contributed by atoms with Crippen LogP contribution >= 0.6 is 0 Å². The number of aliphatic carboxylic acids is 1. The van der Waals surface area contributed by atoms with E-state index in [-0.39, 0.29) is 36.3 Å². The van der Waals surface area contributed by atoms with Crippen molar-refractivity contribution in [2.24, 2.45) is 16.6 Å². The third kappa shape index (κ3) is 6.34. The molecule has 10 nitrogen and oxygen atoms in total. The van der Waals surface area contributed by atoms with Crippen LogP contribution in [-0.4, -0.2) is 61.2 Å². The SMILES string of the molecule is Cc1ccc(S(=O)(=O)NC(N)=NC[C@@H]2C[C@H](C(=O)O)N(C(=O)OC(C)(C)C)C2)cc1. The largest absolute Gasteiger partial charge is 0.480 e. The number of hydrogen-bond donors (Lipinski definition) is 3. The van der Waals surface area contributed by atoms with Crippen molar-refractivity contribution in [2.45, 2.75) is 50.7 Å². The van der Waals surface area contributed by atoms with Crippen molar-refractivity contribution in [2.75, 3.05) is 13.1 Å². The predicted molar refractivity (Wildman–Crippen MR) is 110 cm³/mol. The van der Waals surface area contributed by atoms with Gasteiger partial charge in [-0.1, -0.05) is 17.7 Å². The van der Waals surface area contributed by atoms with Crippen LogP contribution in [0.1, 0.15) is 32.8 Å². The number of nitrogens with two attached hydrogens (primary N) is 1.